The quantitative estimate of drug-likeness (QED) is 0.146. The summed E-state index contributed by atoms with van der Waals surface area (Å²) in [6.07, 6.45) is 1.55. The minimum absolute atomic E-state index is 0.00641. The van der Waals surface area contributed by atoms with E-state index in [4.69, 9.17) is 19.5 Å². The van der Waals surface area contributed by atoms with Crippen molar-refractivity contribution in [2.24, 2.45) is 27.5 Å². The molecule has 3 aromatic rings. The van der Waals surface area contributed by atoms with Gasteiger partial charge in [-0.2, -0.15) is 13.4 Å². The highest BCUT2D eigenvalue weighted by atomic mass is 79.9. The number of carbonyl (C=O) groups excluding carboxylic acids is 1. The Bertz CT molecular complexity index is 1680. The first-order chi connectivity index (χ1) is 21.2. The zero-order valence-corrected chi connectivity index (χ0v) is 27.9. The Morgan fingerprint density at radius 2 is 1.89 bits per heavy atom. The average Bonchev–Trinajstić information content (AvgIpc) is 3.61. The molecule has 3 aliphatic rings. The smallest absolute Gasteiger partial charge is 0.265 e. The maximum atomic E-state index is 14.7. The van der Waals surface area contributed by atoms with E-state index in [2.05, 4.69) is 26.1 Å². The first-order valence-corrected chi connectivity index (χ1v) is 17.4. The van der Waals surface area contributed by atoms with Crippen LogP contribution in [0.25, 0.3) is 11.1 Å². The molecule has 0 spiro atoms. The van der Waals surface area contributed by atoms with E-state index in [9.17, 15) is 17.6 Å². The Morgan fingerprint density at radius 3 is 2.49 bits per heavy atom. The van der Waals surface area contributed by atoms with Crippen molar-refractivity contribution in [1.29, 1.82) is 0 Å². The van der Waals surface area contributed by atoms with Crippen LogP contribution in [0.2, 0.25) is 0 Å². The molecule has 45 heavy (non-hydrogen) atoms. The Labute approximate surface area is 271 Å². The van der Waals surface area contributed by atoms with E-state index in [0.29, 0.717) is 55.8 Å². The molecule has 5 unspecified atom stereocenters. The van der Waals surface area contributed by atoms with Gasteiger partial charge in [0.2, 0.25) is 0 Å². The van der Waals surface area contributed by atoms with Gasteiger partial charge in [0.25, 0.3) is 16.0 Å². The van der Waals surface area contributed by atoms with Gasteiger partial charge in [0.05, 0.1) is 29.5 Å². The highest BCUT2D eigenvalue weighted by Gasteiger charge is 2.68. The normalized spacial score (nSPS) is 27.3. The van der Waals surface area contributed by atoms with Crippen LogP contribution >= 0.6 is 15.9 Å². The summed E-state index contributed by atoms with van der Waals surface area (Å²) in [5.74, 6) is 0.0566. The fourth-order valence-corrected chi connectivity index (χ4v) is 9.44. The van der Waals surface area contributed by atoms with Crippen molar-refractivity contribution in [3.63, 3.8) is 0 Å². The van der Waals surface area contributed by atoms with Crippen molar-refractivity contribution in [3.8, 4) is 11.1 Å². The van der Waals surface area contributed by atoms with Crippen molar-refractivity contribution in [2.75, 3.05) is 32.1 Å². The summed E-state index contributed by atoms with van der Waals surface area (Å²) in [4.78, 5) is 18.1. The lowest BCUT2D eigenvalue weighted by Crippen LogP contribution is -2.44. The van der Waals surface area contributed by atoms with Crippen molar-refractivity contribution < 1.29 is 31.4 Å². The minimum atomic E-state index is -4.05. The Hall–Kier alpha value is -3.13. The third-order valence-electron chi connectivity index (χ3n) is 9.76. The van der Waals surface area contributed by atoms with Gasteiger partial charge in [-0.1, -0.05) is 84.3 Å². The number of ether oxygens (including phenoxy) is 1. The topological polar surface area (TPSA) is 148 Å². The molecule has 6 rings (SSSR count). The molecule has 10 nitrogen and oxygen atoms in total. The molecule has 3 fully saturated rings. The first-order valence-electron chi connectivity index (χ1n) is 14.9. The number of benzene rings is 2. The number of carbonyl (C=O) groups is 1. The van der Waals surface area contributed by atoms with Crippen LogP contribution in [0.4, 0.5) is 10.3 Å². The zero-order chi connectivity index (χ0) is 32.6. The summed E-state index contributed by atoms with van der Waals surface area (Å²) >= 11 is 3.35. The Kier molecular flexibility index (Phi) is 9.55. The van der Waals surface area contributed by atoms with Crippen molar-refractivity contribution in [1.82, 2.24) is 10.1 Å². The molecule has 1 aromatic heterocycles. The third-order valence-corrected chi connectivity index (χ3v) is 11.8. The molecule has 2 aromatic carbocycles. The number of alkyl halides is 1. The van der Waals surface area contributed by atoms with Crippen LogP contribution in [0.1, 0.15) is 50.8 Å². The number of ketones is 1. The second kappa shape index (κ2) is 12.9. The number of aromatic nitrogens is 1. The van der Waals surface area contributed by atoms with Crippen LogP contribution in [0.15, 0.2) is 64.1 Å². The van der Waals surface area contributed by atoms with Gasteiger partial charge >= 0.3 is 0 Å². The summed E-state index contributed by atoms with van der Waals surface area (Å²) in [5.41, 5.74) is 7.69. The molecule has 2 heterocycles. The van der Waals surface area contributed by atoms with Gasteiger partial charge < -0.3 is 19.9 Å². The molecule has 1 aliphatic heterocycles. The lowest BCUT2D eigenvalue weighted by atomic mass is 9.70. The lowest BCUT2D eigenvalue weighted by Gasteiger charge is -2.35. The Morgan fingerprint density at radius 1 is 1.20 bits per heavy atom. The maximum absolute atomic E-state index is 14.7. The molecule has 5 atom stereocenters. The number of fused-ring (bicyclic) bond motifs is 2. The molecular weight excluding hydrogens is 667 g/mol. The van der Waals surface area contributed by atoms with Gasteiger partial charge in [-0.25, -0.2) is 4.39 Å². The number of aliphatic imine (C=N–C) groups is 1. The van der Waals surface area contributed by atoms with Gasteiger partial charge in [-0.15, -0.1) is 0 Å². The highest BCUT2D eigenvalue weighted by Crippen LogP contribution is 2.65. The number of rotatable bonds is 6. The van der Waals surface area contributed by atoms with Gasteiger partial charge in [-0.3, -0.25) is 9.35 Å². The fourth-order valence-electron chi connectivity index (χ4n) is 6.80. The van der Waals surface area contributed by atoms with Crippen LogP contribution < -0.4 is 5.73 Å². The minimum Gasteiger partial charge on any atom is -0.378 e. The number of hydrogen-bond acceptors (Lipinski definition) is 7. The summed E-state index contributed by atoms with van der Waals surface area (Å²) in [5, 5.41) is 4.10. The largest absolute Gasteiger partial charge is 0.378 e. The van der Waals surface area contributed by atoms with Crippen LogP contribution in [0, 0.1) is 22.6 Å². The van der Waals surface area contributed by atoms with E-state index < -0.39 is 20.9 Å². The molecule has 2 aliphatic carbocycles. The molecule has 13 heteroatoms. The molecule has 242 valence electrons. The summed E-state index contributed by atoms with van der Waals surface area (Å²) < 4.78 is 56.6. The van der Waals surface area contributed by atoms with Crippen LogP contribution in [0.3, 0.4) is 0 Å². The molecule has 1 saturated heterocycles. The number of Topliss-reactive ketones (excluding diaryl/α,β-unsaturated/α-hetero) is 1. The number of morpholine rings is 1. The Balaban J connectivity index is 0.000000211. The average molecular weight is 706 g/mol. The monoisotopic (exact) mass is 704 g/mol. The molecule has 0 amide bonds. The van der Waals surface area contributed by atoms with E-state index in [-0.39, 0.29) is 34.0 Å². The third kappa shape index (κ3) is 6.72. The van der Waals surface area contributed by atoms with Crippen LogP contribution in [0.5, 0.6) is 0 Å². The number of nitrogens with zero attached hydrogens (tertiary/aromatic N) is 3. The van der Waals surface area contributed by atoms with Crippen LogP contribution in [-0.2, 0) is 19.6 Å². The number of guanidine groups is 1. The van der Waals surface area contributed by atoms with Crippen LogP contribution in [-0.4, -0.2) is 71.7 Å². The molecule has 2 bridgehead atoms. The summed E-state index contributed by atoms with van der Waals surface area (Å²) in [6.45, 7) is 8.21. The van der Waals surface area contributed by atoms with E-state index in [1.807, 2.05) is 55.1 Å². The highest BCUT2D eigenvalue weighted by molar-refractivity contribution is 9.10. The van der Waals surface area contributed by atoms with Gasteiger partial charge in [0.15, 0.2) is 11.7 Å². The van der Waals surface area contributed by atoms with E-state index in [1.165, 1.54) is 0 Å². The van der Waals surface area contributed by atoms with Crippen molar-refractivity contribution >= 4 is 43.7 Å². The second-order valence-electron chi connectivity index (χ2n) is 12.4. The molecule has 0 radical (unpaired) electrons. The van der Waals surface area contributed by atoms with Crippen molar-refractivity contribution in [3.05, 3.63) is 71.7 Å². The maximum Gasteiger partial charge on any atom is 0.265 e. The van der Waals surface area contributed by atoms with E-state index >= 15 is 0 Å². The number of nitrogens with two attached hydrogens (primary N) is 1. The molecule has 2 saturated carbocycles. The number of hydrogen-bond donors (Lipinski definition) is 2. The van der Waals surface area contributed by atoms with E-state index in [0.717, 1.165) is 17.5 Å². The van der Waals surface area contributed by atoms with Gasteiger partial charge in [-0.05, 0) is 36.0 Å². The fraction of sp³-hybridized carbons (Fsp3) is 0.469. The predicted molar refractivity (Wildman–Crippen MR) is 173 cm³/mol. The first kappa shape index (κ1) is 33.2. The number of halogens is 2. The van der Waals surface area contributed by atoms with Crippen molar-refractivity contribution in [2.45, 2.75) is 44.4 Å². The summed E-state index contributed by atoms with van der Waals surface area (Å²) in [6, 6.07) is 16.5. The standard InChI is InChI=1S/C22H23FN4O2.C10H15BrO4S/c1-15(17-7-8-18(19(23)13-17)16-5-3-2-4-6-16)20-14-21(29-26-20)25-22(24)27-9-11-28-12-10-27;1-9-4-3-6(7(11)8(9)12)10(9,2)5-16(13,14)15/h2-8,13-15H,9-12H2,1H3,(H2,24,25);6-7H,3-5H2,1-2H3,(H,13,14,15). The predicted octanol–water partition coefficient (Wildman–Crippen LogP) is 5.55. The van der Waals surface area contributed by atoms with Gasteiger partial charge in [0, 0.05) is 41.5 Å². The second-order valence-corrected chi connectivity index (χ2v) is 14.8. The lowest BCUT2D eigenvalue weighted by molar-refractivity contribution is -0.127. The van der Waals surface area contributed by atoms with E-state index in [1.54, 1.807) is 25.1 Å². The SMILES string of the molecule is CC(c1ccc(-c2ccccc2)c(F)c1)c1cc(N=C(N)N2CCOCC2)on1.CC12CCC(C(Br)C1=O)C2(C)CS(=O)(=O)O. The van der Waals surface area contributed by atoms with Gasteiger partial charge in [0.1, 0.15) is 5.82 Å². The molecular formula is C32H38BrFN4O6S. The zero-order valence-electron chi connectivity index (χ0n) is 25.4. The summed E-state index contributed by atoms with van der Waals surface area (Å²) in [7, 11) is -4.05. The molecule has 3 N–H and O–H groups in total.